The highest BCUT2D eigenvalue weighted by Gasteiger charge is 2.46. The Morgan fingerprint density at radius 3 is 2.66 bits per heavy atom. The average Bonchev–Trinajstić information content (AvgIpc) is 2.99. The molecule has 0 aromatic carbocycles. The third-order valence-corrected chi connectivity index (χ3v) is 7.83. The number of hydrogen-bond donors (Lipinski definition) is 2. The smallest absolute Gasteiger partial charge is 0.0784 e. The van der Waals surface area contributed by atoms with E-state index in [0.29, 0.717) is 11.3 Å². The molecule has 0 radical (unpaired) electrons. The van der Waals surface area contributed by atoms with E-state index in [2.05, 4.69) is 32.6 Å². The SMILES string of the molecule is C=C1CC/C(=C/C=C2\CCCC3(C)/C(=C(\C)CCCC(C)(C)O)CC[C@@H]23)CC1O. The third kappa shape index (κ3) is 5.33. The van der Waals surface area contributed by atoms with Crippen LogP contribution in [-0.2, 0) is 0 Å². The summed E-state index contributed by atoms with van der Waals surface area (Å²) in [7, 11) is 0. The van der Waals surface area contributed by atoms with Gasteiger partial charge < -0.3 is 10.2 Å². The van der Waals surface area contributed by atoms with Crippen molar-refractivity contribution in [3.8, 4) is 0 Å². The Morgan fingerprint density at radius 2 is 1.97 bits per heavy atom. The molecule has 0 spiro atoms. The van der Waals surface area contributed by atoms with Gasteiger partial charge in [-0.15, -0.1) is 0 Å². The first-order valence-corrected chi connectivity index (χ1v) is 11.8. The van der Waals surface area contributed by atoms with Crippen LogP contribution in [-0.4, -0.2) is 21.9 Å². The quantitative estimate of drug-likeness (QED) is 0.500. The zero-order valence-electron chi connectivity index (χ0n) is 19.2. The molecule has 0 aromatic heterocycles. The van der Waals surface area contributed by atoms with Gasteiger partial charge in [-0.1, -0.05) is 47.9 Å². The summed E-state index contributed by atoms with van der Waals surface area (Å²) in [5.74, 6) is 0.677. The highest BCUT2D eigenvalue weighted by molar-refractivity contribution is 5.35. The molecule has 2 heteroatoms. The molecule has 0 amide bonds. The van der Waals surface area contributed by atoms with Crippen molar-refractivity contribution in [2.45, 2.75) is 110 Å². The van der Waals surface area contributed by atoms with Gasteiger partial charge in [-0.2, -0.15) is 0 Å². The molecule has 3 rings (SSSR count). The lowest BCUT2D eigenvalue weighted by molar-refractivity contribution is 0.0689. The minimum absolute atomic E-state index is 0.321. The van der Waals surface area contributed by atoms with Gasteiger partial charge in [-0.3, -0.25) is 0 Å². The number of aliphatic hydroxyl groups is 2. The average molecular weight is 399 g/mol. The molecule has 0 saturated heterocycles. The number of hydrogen-bond acceptors (Lipinski definition) is 2. The van der Waals surface area contributed by atoms with Crippen LogP contribution in [0.4, 0.5) is 0 Å². The minimum Gasteiger partial charge on any atom is -0.390 e. The van der Waals surface area contributed by atoms with Crippen LogP contribution in [0.3, 0.4) is 0 Å². The molecular weight excluding hydrogens is 356 g/mol. The molecular formula is C27H42O2. The van der Waals surface area contributed by atoms with Gasteiger partial charge in [0.15, 0.2) is 0 Å². The lowest BCUT2D eigenvalue weighted by Gasteiger charge is -2.40. The van der Waals surface area contributed by atoms with E-state index in [1.807, 2.05) is 13.8 Å². The molecule has 0 aromatic rings. The largest absolute Gasteiger partial charge is 0.390 e. The fourth-order valence-electron chi connectivity index (χ4n) is 6.05. The van der Waals surface area contributed by atoms with Crippen LogP contribution in [0.1, 0.15) is 98.3 Å². The highest BCUT2D eigenvalue weighted by atomic mass is 16.3. The summed E-state index contributed by atoms with van der Waals surface area (Å²) in [6, 6.07) is 0. The van der Waals surface area contributed by atoms with E-state index in [1.165, 1.54) is 37.7 Å². The fraction of sp³-hybridized carbons (Fsp3) is 0.704. The molecule has 3 saturated carbocycles. The lowest BCUT2D eigenvalue weighted by atomic mass is 9.64. The molecule has 162 valence electrons. The van der Waals surface area contributed by atoms with Crippen LogP contribution in [0, 0.1) is 11.3 Å². The molecule has 3 aliphatic carbocycles. The molecule has 0 heterocycles. The van der Waals surface area contributed by atoms with Gasteiger partial charge in [0.1, 0.15) is 0 Å². The summed E-state index contributed by atoms with van der Waals surface area (Å²) < 4.78 is 0. The van der Waals surface area contributed by atoms with Crippen molar-refractivity contribution in [1.29, 1.82) is 0 Å². The maximum atomic E-state index is 10.1. The Bertz CT molecular complexity index is 715. The predicted octanol–water partition coefficient (Wildman–Crippen LogP) is 6.80. The Morgan fingerprint density at radius 1 is 1.21 bits per heavy atom. The second kappa shape index (κ2) is 8.94. The maximum absolute atomic E-state index is 10.1. The van der Waals surface area contributed by atoms with Gasteiger partial charge in [0.25, 0.3) is 0 Å². The molecule has 29 heavy (non-hydrogen) atoms. The van der Waals surface area contributed by atoms with Crippen molar-refractivity contribution < 1.29 is 10.2 Å². The van der Waals surface area contributed by atoms with E-state index in [4.69, 9.17) is 0 Å². The summed E-state index contributed by atoms with van der Waals surface area (Å²) >= 11 is 0. The highest BCUT2D eigenvalue weighted by Crippen LogP contribution is 2.58. The van der Waals surface area contributed by atoms with Crippen LogP contribution in [0.25, 0.3) is 0 Å². The Hall–Kier alpha value is -1.12. The first-order valence-electron chi connectivity index (χ1n) is 11.8. The molecule has 2 unspecified atom stereocenters. The first kappa shape index (κ1) is 22.6. The van der Waals surface area contributed by atoms with Crippen LogP contribution in [0.2, 0.25) is 0 Å². The summed E-state index contributed by atoms with van der Waals surface area (Å²) in [5, 5.41) is 20.1. The Kier molecular flexibility index (Phi) is 6.95. The first-order chi connectivity index (χ1) is 13.6. The standard InChI is InChI=1S/C27H42O2/c1-19(8-6-16-26(3,4)29)23-14-15-24-22(9-7-17-27(23,24)5)13-12-21-11-10-20(2)25(28)18-21/h12-13,24-25,28-29H,2,6-11,14-18H2,1,3-5H3/b21-12-,22-13+,23-19+/t24-,25?,27?/m0/s1. The van der Waals surface area contributed by atoms with Crippen molar-refractivity contribution in [2.24, 2.45) is 11.3 Å². The van der Waals surface area contributed by atoms with Gasteiger partial charge in [-0.05, 0) is 108 Å². The lowest BCUT2D eigenvalue weighted by Crippen LogP contribution is -2.29. The van der Waals surface area contributed by atoms with Gasteiger partial charge in [0.05, 0.1) is 11.7 Å². The summed E-state index contributed by atoms with van der Waals surface area (Å²) in [6.07, 6.45) is 16.5. The molecule has 3 aliphatic rings. The monoisotopic (exact) mass is 398 g/mol. The van der Waals surface area contributed by atoms with E-state index in [9.17, 15) is 10.2 Å². The van der Waals surface area contributed by atoms with E-state index < -0.39 is 5.60 Å². The number of aliphatic hydroxyl groups excluding tert-OH is 1. The van der Waals surface area contributed by atoms with E-state index >= 15 is 0 Å². The number of rotatable bonds is 5. The number of allylic oxidation sites excluding steroid dienone is 5. The molecule has 3 fully saturated rings. The van der Waals surface area contributed by atoms with Gasteiger partial charge in [0, 0.05) is 0 Å². The molecule has 0 aliphatic heterocycles. The summed E-state index contributed by atoms with van der Waals surface area (Å²) in [5.41, 5.74) is 7.05. The van der Waals surface area contributed by atoms with Crippen molar-refractivity contribution in [1.82, 2.24) is 0 Å². The Labute approximate surface area is 178 Å². The summed E-state index contributed by atoms with van der Waals surface area (Å²) in [6.45, 7) is 12.7. The van der Waals surface area contributed by atoms with E-state index in [0.717, 1.165) is 44.1 Å². The molecule has 2 nitrogen and oxygen atoms in total. The molecule has 2 N–H and O–H groups in total. The van der Waals surface area contributed by atoms with Crippen LogP contribution in [0.5, 0.6) is 0 Å². The van der Waals surface area contributed by atoms with Crippen molar-refractivity contribution in [2.75, 3.05) is 0 Å². The van der Waals surface area contributed by atoms with Crippen LogP contribution < -0.4 is 0 Å². The second-order valence-electron chi connectivity index (χ2n) is 10.7. The molecule has 3 atom stereocenters. The minimum atomic E-state index is -0.555. The van der Waals surface area contributed by atoms with Crippen LogP contribution in [0.15, 0.2) is 46.6 Å². The van der Waals surface area contributed by atoms with E-state index in [1.54, 1.807) is 16.7 Å². The second-order valence-corrected chi connectivity index (χ2v) is 10.7. The molecule has 0 bridgehead atoms. The van der Waals surface area contributed by atoms with Crippen molar-refractivity contribution in [3.63, 3.8) is 0 Å². The summed E-state index contributed by atoms with van der Waals surface area (Å²) in [4.78, 5) is 0. The maximum Gasteiger partial charge on any atom is 0.0784 e. The fourth-order valence-corrected chi connectivity index (χ4v) is 6.05. The van der Waals surface area contributed by atoms with Crippen molar-refractivity contribution in [3.05, 3.63) is 46.6 Å². The van der Waals surface area contributed by atoms with Crippen LogP contribution >= 0.6 is 0 Å². The normalized spacial score (nSPS) is 35.3. The predicted molar refractivity (Wildman–Crippen MR) is 123 cm³/mol. The topological polar surface area (TPSA) is 40.5 Å². The van der Waals surface area contributed by atoms with Gasteiger partial charge in [-0.25, -0.2) is 0 Å². The van der Waals surface area contributed by atoms with Crippen molar-refractivity contribution >= 4 is 0 Å². The van der Waals surface area contributed by atoms with Gasteiger partial charge in [0.2, 0.25) is 0 Å². The van der Waals surface area contributed by atoms with E-state index in [-0.39, 0.29) is 6.10 Å². The Balaban J connectivity index is 1.72. The number of fused-ring (bicyclic) bond motifs is 1. The van der Waals surface area contributed by atoms with Gasteiger partial charge >= 0.3 is 0 Å². The third-order valence-electron chi connectivity index (χ3n) is 7.83. The zero-order valence-corrected chi connectivity index (χ0v) is 19.2. The zero-order chi connectivity index (χ0) is 21.2.